The number of benzene rings is 1. The first-order chi connectivity index (χ1) is 9.56. The number of nitrogens with one attached hydrogen (secondary N) is 1. The molecule has 0 unspecified atom stereocenters. The molecule has 1 aromatic rings. The first-order valence-electron chi connectivity index (χ1n) is 6.86. The highest BCUT2D eigenvalue weighted by molar-refractivity contribution is 9.10. The lowest BCUT2D eigenvalue weighted by atomic mass is 9.93. The topological polar surface area (TPSA) is 47.6 Å². The zero-order valence-corrected chi connectivity index (χ0v) is 13.7. The van der Waals surface area contributed by atoms with Crippen LogP contribution in [0.25, 0.3) is 0 Å². The lowest BCUT2D eigenvalue weighted by Gasteiger charge is -2.20. The van der Waals surface area contributed by atoms with E-state index in [0.717, 1.165) is 16.5 Å². The highest BCUT2D eigenvalue weighted by atomic mass is 79.9. The highest BCUT2D eigenvalue weighted by Crippen LogP contribution is 2.44. The normalized spacial score (nSPS) is 14.2. The molecule has 2 rings (SSSR count). The number of carbonyl (C=O) groups excluding carboxylic acids is 1. The van der Waals surface area contributed by atoms with Crippen LogP contribution in [-0.4, -0.2) is 32.6 Å². The predicted molar refractivity (Wildman–Crippen MR) is 82.1 cm³/mol. The molecule has 0 fully saturated rings. The fourth-order valence-corrected chi connectivity index (χ4v) is 2.89. The van der Waals surface area contributed by atoms with Crippen LogP contribution in [0.3, 0.4) is 0 Å². The van der Waals surface area contributed by atoms with Crippen LogP contribution in [0.5, 0.6) is 11.5 Å². The summed E-state index contributed by atoms with van der Waals surface area (Å²) >= 11 is 3.49. The number of ether oxygens (including phenoxy) is 2. The summed E-state index contributed by atoms with van der Waals surface area (Å²) in [6.07, 6.45) is 0.846. The summed E-state index contributed by atoms with van der Waals surface area (Å²) in [4.78, 5) is 12.3. The quantitative estimate of drug-likeness (QED) is 0.854. The van der Waals surface area contributed by atoms with Gasteiger partial charge < -0.3 is 14.8 Å². The summed E-state index contributed by atoms with van der Waals surface area (Å²) < 4.78 is 12.4. The van der Waals surface area contributed by atoms with Crippen LogP contribution < -0.4 is 14.8 Å². The van der Waals surface area contributed by atoms with E-state index >= 15 is 0 Å². The average Bonchev–Trinajstić information content (AvgIpc) is 2.64. The van der Waals surface area contributed by atoms with Crippen LogP contribution in [0.15, 0.2) is 10.5 Å². The Balaban J connectivity index is 2.60. The Bertz CT molecular complexity index is 514. The average molecular weight is 342 g/mol. The molecule has 110 valence electrons. The second-order valence-electron chi connectivity index (χ2n) is 5.14. The van der Waals surface area contributed by atoms with Gasteiger partial charge in [0, 0.05) is 17.5 Å². The van der Waals surface area contributed by atoms with Gasteiger partial charge in [-0.1, -0.05) is 13.8 Å². The first-order valence-corrected chi connectivity index (χ1v) is 7.65. The van der Waals surface area contributed by atoms with Gasteiger partial charge in [0.05, 0.1) is 24.2 Å². The molecule has 0 atom stereocenters. The molecule has 0 aromatic heterocycles. The lowest BCUT2D eigenvalue weighted by molar-refractivity contribution is 0.0991. The van der Waals surface area contributed by atoms with Gasteiger partial charge in [-0.2, -0.15) is 0 Å². The monoisotopic (exact) mass is 341 g/mol. The largest absolute Gasteiger partial charge is 0.489 e. The number of likely N-dealkylation sites (N-methyl/N-ethyl adjacent to an activating group) is 1. The van der Waals surface area contributed by atoms with Crippen molar-refractivity contribution < 1.29 is 14.3 Å². The SMILES string of the molecule is CNCC(=O)c1cc(Br)c2c(c1C(C)C)OCCCO2. The van der Waals surface area contributed by atoms with Crippen molar-refractivity contribution in [2.75, 3.05) is 26.8 Å². The van der Waals surface area contributed by atoms with Crippen LogP contribution >= 0.6 is 15.9 Å². The smallest absolute Gasteiger partial charge is 0.177 e. The Hall–Kier alpha value is -1.07. The Morgan fingerprint density at radius 2 is 2.00 bits per heavy atom. The third-order valence-electron chi connectivity index (χ3n) is 3.23. The summed E-state index contributed by atoms with van der Waals surface area (Å²) in [7, 11) is 1.77. The standard InChI is InChI=1S/C15H20BrNO3/c1-9(2)13-10(12(18)8-17-3)7-11(16)14-15(13)20-6-4-5-19-14/h7,9,17H,4-6,8H2,1-3H3. The first kappa shape index (κ1) is 15.3. The van der Waals surface area contributed by atoms with Crippen molar-refractivity contribution in [3.8, 4) is 11.5 Å². The molecule has 4 nitrogen and oxygen atoms in total. The van der Waals surface area contributed by atoms with Gasteiger partial charge in [-0.25, -0.2) is 0 Å². The Labute approximate surface area is 128 Å². The summed E-state index contributed by atoms with van der Waals surface area (Å²) in [5.41, 5.74) is 1.64. The van der Waals surface area contributed by atoms with Crippen molar-refractivity contribution in [2.45, 2.75) is 26.2 Å². The molecule has 0 radical (unpaired) electrons. The number of fused-ring (bicyclic) bond motifs is 1. The number of halogens is 1. The van der Waals surface area contributed by atoms with Gasteiger partial charge in [0.25, 0.3) is 0 Å². The van der Waals surface area contributed by atoms with E-state index in [0.29, 0.717) is 36.8 Å². The van der Waals surface area contributed by atoms with E-state index in [4.69, 9.17) is 9.47 Å². The molecule has 1 aliphatic heterocycles. The number of Topliss-reactive ketones (excluding diaryl/α,β-unsaturated/α-hetero) is 1. The van der Waals surface area contributed by atoms with E-state index in [1.54, 1.807) is 7.05 Å². The molecule has 5 heteroatoms. The molecule has 1 aliphatic rings. The lowest BCUT2D eigenvalue weighted by Crippen LogP contribution is -2.20. The Kier molecular flexibility index (Phi) is 5.05. The zero-order chi connectivity index (χ0) is 14.7. The molecule has 0 bridgehead atoms. The molecular formula is C15H20BrNO3. The third-order valence-corrected chi connectivity index (χ3v) is 3.81. The van der Waals surface area contributed by atoms with Gasteiger partial charge in [-0.3, -0.25) is 4.79 Å². The van der Waals surface area contributed by atoms with Crippen LogP contribution in [-0.2, 0) is 0 Å². The van der Waals surface area contributed by atoms with Crippen molar-refractivity contribution in [3.63, 3.8) is 0 Å². The summed E-state index contributed by atoms with van der Waals surface area (Å²) in [5, 5.41) is 2.91. The van der Waals surface area contributed by atoms with Crippen molar-refractivity contribution in [2.24, 2.45) is 0 Å². The van der Waals surface area contributed by atoms with E-state index in [1.165, 1.54) is 0 Å². The maximum Gasteiger partial charge on any atom is 0.177 e. The third kappa shape index (κ3) is 2.99. The Morgan fingerprint density at radius 1 is 1.35 bits per heavy atom. The molecule has 0 saturated heterocycles. The molecule has 0 spiro atoms. The fraction of sp³-hybridized carbons (Fsp3) is 0.533. The number of ketones is 1. The predicted octanol–water partition coefficient (Wildman–Crippen LogP) is 3.14. The maximum atomic E-state index is 12.3. The van der Waals surface area contributed by atoms with Gasteiger partial charge in [0.1, 0.15) is 0 Å². The molecule has 20 heavy (non-hydrogen) atoms. The van der Waals surface area contributed by atoms with Gasteiger partial charge in [0.2, 0.25) is 0 Å². The minimum atomic E-state index is 0.0625. The van der Waals surface area contributed by atoms with E-state index in [1.807, 2.05) is 6.07 Å². The molecular weight excluding hydrogens is 322 g/mol. The van der Waals surface area contributed by atoms with Gasteiger partial charge in [-0.05, 0) is 35.0 Å². The minimum absolute atomic E-state index is 0.0625. The molecule has 0 saturated carbocycles. The minimum Gasteiger partial charge on any atom is -0.489 e. The molecule has 0 aliphatic carbocycles. The van der Waals surface area contributed by atoms with Crippen molar-refractivity contribution >= 4 is 21.7 Å². The molecule has 1 heterocycles. The van der Waals surface area contributed by atoms with Crippen LogP contribution in [0.4, 0.5) is 0 Å². The van der Waals surface area contributed by atoms with Gasteiger partial charge in [0.15, 0.2) is 17.3 Å². The van der Waals surface area contributed by atoms with E-state index < -0.39 is 0 Å². The number of carbonyl (C=O) groups is 1. The molecule has 1 N–H and O–H groups in total. The zero-order valence-electron chi connectivity index (χ0n) is 12.1. The van der Waals surface area contributed by atoms with Crippen LogP contribution in [0.2, 0.25) is 0 Å². The van der Waals surface area contributed by atoms with E-state index in [9.17, 15) is 4.79 Å². The molecule has 1 aromatic carbocycles. The summed E-state index contributed by atoms with van der Waals surface area (Å²) in [5.74, 6) is 1.68. The highest BCUT2D eigenvalue weighted by Gasteiger charge is 2.26. The van der Waals surface area contributed by atoms with Crippen molar-refractivity contribution in [1.29, 1.82) is 0 Å². The van der Waals surface area contributed by atoms with Gasteiger partial charge >= 0.3 is 0 Å². The maximum absolute atomic E-state index is 12.3. The second-order valence-corrected chi connectivity index (χ2v) is 5.99. The summed E-state index contributed by atoms with van der Waals surface area (Å²) in [6, 6.07) is 1.85. The van der Waals surface area contributed by atoms with Crippen molar-refractivity contribution in [3.05, 3.63) is 21.7 Å². The van der Waals surface area contributed by atoms with Gasteiger partial charge in [-0.15, -0.1) is 0 Å². The number of hydrogen-bond donors (Lipinski definition) is 1. The number of hydrogen-bond acceptors (Lipinski definition) is 4. The van der Waals surface area contributed by atoms with E-state index in [2.05, 4.69) is 35.1 Å². The van der Waals surface area contributed by atoms with Crippen molar-refractivity contribution in [1.82, 2.24) is 5.32 Å². The Morgan fingerprint density at radius 3 is 2.60 bits per heavy atom. The summed E-state index contributed by atoms with van der Waals surface area (Å²) in [6.45, 7) is 5.68. The fourth-order valence-electron chi connectivity index (χ4n) is 2.37. The van der Waals surface area contributed by atoms with Crippen LogP contribution in [0.1, 0.15) is 42.1 Å². The van der Waals surface area contributed by atoms with Crippen LogP contribution in [0, 0.1) is 0 Å². The van der Waals surface area contributed by atoms with E-state index in [-0.39, 0.29) is 11.7 Å². The molecule has 0 amide bonds. The number of rotatable bonds is 4. The second kappa shape index (κ2) is 6.59.